The number of nitrogens with zero attached hydrogens (tertiary/aromatic N) is 5. The van der Waals surface area contributed by atoms with Crippen LogP contribution >= 0.6 is 11.3 Å². The first-order chi connectivity index (χ1) is 19.1. The van der Waals surface area contributed by atoms with Crippen LogP contribution in [0.25, 0.3) is 0 Å². The van der Waals surface area contributed by atoms with Crippen LogP contribution in [0.2, 0.25) is 0 Å². The minimum Gasteiger partial charge on any atom is -0.379 e. The Morgan fingerprint density at radius 3 is 2.72 bits per heavy atom. The van der Waals surface area contributed by atoms with Crippen molar-refractivity contribution in [3.8, 4) is 6.07 Å². The summed E-state index contributed by atoms with van der Waals surface area (Å²) in [5, 5.41) is 13.0. The van der Waals surface area contributed by atoms with Gasteiger partial charge in [0.25, 0.3) is 5.91 Å². The predicted molar refractivity (Wildman–Crippen MR) is 153 cm³/mol. The van der Waals surface area contributed by atoms with Crippen molar-refractivity contribution in [3.63, 3.8) is 0 Å². The Balaban J connectivity index is 1.03. The number of carbonyl (C=O) groups is 1. The second kappa shape index (κ2) is 11.8. The van der Waals surface area contributed by atoms with Crippen LogP contribution in [0.15, 0.2) is 48.5 Å². The number of anilines is 2. The van der Waals surface area contributed by atoms with Gasteiger partial charge in [0, 0.05) is 68.0 Å². The van der Waals surface area contributed by atoms with Gasteiger partial charge in [-0.25, -0.2) is 4.98 Å². The molecule has 2 aromatic carbocycles. The summed E-state index contributed by atoms with van der Waals surface area (Å²) >= 11 is 1.63. The SMILES string of the molecule is N#Cc1cccc(N2CCN(Cc3cccc(C(=O)Nc4nc5c(s4)CC(N4CCOCC4)CC5)c3)CC2)c1. The van der Waals surface area contributed by atoms with Crippen LogP contribution in [-0.2, 0) is 24.1 Å². The van der Waals surface area contributed by atoms with Crippen molar-refractivity contribution in [1.29, 1.82) is 5.26 Å². The Labute approximate surface area is 233 Å². The number of rotatable bonds is 6. The first kappa shape index (κ1) is 26.0. The largest absolute Gasteiger partial charge is 0.379 e. The van der Waals surface area contributed by atoms with Crippen molar-refractivity contribution in [1.82, 2.24) is 14.8 Å². The second-order valence-corrected chi connectivity index (χ2v) is 11.6. The summed E-state index contributed by atoms with van der Waals surface area (Å²) in [5.41, 5.74) is 4.74. The van der Waals surface area contributed by atoms with E-state index < -0.39 is 0 Å². The average molecular weight is 543 g/mol. The number of hydrogen-bond acceptors (Lipinski definition) is 8. The molecule has 2 aliphatic heterocycles. The van der Waals surface area contributed by atoms with Gasteiger partial charge in [-0.2, -0.15) is 5.26 Å². The molecule has 0 bridgehead atoms. The van der Waals surface area contributed by atoms with Gasteiger partial charge >= 0.3 is 0 Å². The van der Waals surface area contributed by atoms with Gasteiger partial charge in [-0.1, -0.05) is 18.2 Å². The molecule has 3 aliphatic rings. The highest BCUT2D eigenvalue weighted by Crippen LogP contribution is 2.32. The third-order valence-corrected chi connectivity index (χ3v) is 9.04. The predicted octanol–water partition coefficient (Wildman–Crippen LogP) is 3.78. The van der Waals surface area contributed by atoms with Crippen molar-refractivity contribution in [2.75, 3.05) is 62.7 Å². The van der Waals surface area contributed by atoms with E-state index in [9.17, 15) is 10.1 Å². The zero-order valence-corrected chi connectivity index (χ0v) is 23.0. The Morgan fingerprint density at radius 2 is 1.90 bits per heavy atom. The molecular weight excluding hydrogens is 508 g/mol. The number of morpholine rings is 1. The van der Waals surface area contributed by atoms with Crippen molar-refractivity contribution in [2.24, 2.45) is 0 Å². The van der Waals surface area contributed by atoms with Gasteiger partial charge in [0.15, 0.2) is 5.13 Å². The Morgan fingerprint density at radius 1 is 1.08 bits per heavy atom. The summed E-state index contributed by atoms with van der Waals surface area (Å²) in [4.78, 5) is 26.5. The van der Waals surface area contributed by atoms with Crippen LogP contribution < -0.4 is 10.2 Å². The smallest absolute Gasteiger partial charge is 0.257 e. The van der Waals surface area contributed by atoms with Crippen LogP contribution in [-0.4, -0.2) is 79.2 Å². The first-order valence-corrected chi connectivity index (χ1v) is 14.6. The zero-order chi connectivity index (χ0) is 26.6. The van der Waals surface area contributed by atoms with Gasteiger partial charge in [-0.05, 0) is 55.2 Å². The van der Waals surface area contributed by atoms with E-state index in [1.807, 2.05) is 36.4 Å². The molecule has 1 atom stereocenters. The van der Waals surface area contributed by atoms with Crippen LogP contribution in [0.4, 0.5) is 10.8 Å². The molecule has 3 heterocycles. The standard InChI is InChI=1S/C30H34N6O2S/c31-20-22-3-2-6-25(18-22)35-11-9-34(10-12-35)21-23-4-1-5-24(17-23)29(37)33-30-32-27-8-7-26(19-28(27)39-30)36-13-15-38-16-14-36/h1-6,17-18,26H,7-16,19,21H2,(H,32,33,37). The maximum absolute atomic E-state index is 13.1. The summed E-state index contributed by atoms with van der Waals surface area (Å²) in [6, 6.07) is 18.5. The summed E-state index contributed by atoms with van der Waals surface area (Å²) in [5.74, 6) is -0.102. The molecule has 1 amide bonds. The van der Waals surface area contributed by atoms with E-state index in [-0.39, 0.29) is 5.91 Å². The molecule has 39 heavy (non-hydrogen) atoms. The van der Waals surface area contributed by atoms with E-state index in [1.54, 1.807) is 11.3 Å². The summed E-state index contributed by atoms with van der Waals surface area (Å²) in [6.07, 6.45) is 3.10. The minimum absolute atomic E-state index is 0.102. The fraction of sp³-hybridized carbons (Fsp3) is 0.433. The number of aromatic nitrogens is 1. The summed E-state index contributed by atoms with van der Waals surface area (Å²) in [6.45, 7) is 8.15. The molecule has 1 unspecified atom stereocenters. The quantitative estimate of drug-likeness (QED) is 0.508. The number of thiazole rings is 1. The third kappa shape index (κ3) is 6.15. The van der Waals surface area contributed by atoms with Gasteiger partial charge in [-0.3, -0.25) is 19.9 Å². The van der Waals surface area contributed by atoms with Gasteiger partial charge in [-0.15, -0.1) is 11.3 Å². The first-order valence-electron chi connectivity index (χ1n) is 13.8. The number of amides is 1. The van der Waals surface area contributed by atoms with Crippen LogP contribution in [0.3, 0.4) is 0 Å². The molecule has 2 fully saturated rings. The molecular formula is C30H34N6O2S. The highest BCUT2D eigenvalue weighted by atomic mass is 32.1. The van der Waals surface area contributed by atoms with Crippen LogP contribution in [0.1, 0.15) is 38.5 Å². The number of benzene rings is 2. The van der Waals surface area contributed by atoms with Gasteiger partial charge in [0.05, 0.1) is 30.5 Å². The Hall–Kier alpha value is -3.29. The number of ether oxygens (including phenoxy) is 1. The average Bonchev–Trinajstić information content (AvgIpc) is 3.39. The summed E-state index contributed by atoms with van der Waals surface area (Å²) in [7, 11) is 0. The lowest BCUT2D eigenvalue weighted by Crippen LogP contribution is -2.46. The van der Waals surface area contributed by atoms with Gasteiger partial charge < -0.3 is 9.64 Å². The molecule has 0 radical (unpaired) electrons. The van der Waals surface area contributed by atoms with E-state index in [0.717, 1.165) is 95.2 Å². The topological polar surface area (TPSA) is 84.7 Å². The van der Waals surface area contributed by atoms with E-state index in [2.05, 4.69) is 38.2 Å². The number of hydrogen-bond donors (Lipinski definition) is 1. The number of nitrogens with one attached hydrogen (secondary N) is 1. The number of nitriles is 1. The van der Waals surface area contributed by atoms with Gasteiger partial charge in [0.1, 0.15) is 0 Å². The number of carbonyl (C=O) groups excluding carboxylic acids is 1. The van der Waals surface area contributed by atoms with E-state index in [0.29, 0.717) is 22.3 Å². The highest BCUT2D eigenvalue weighted by Gasteiger charge is 2.28. The normalized spacial score (nSPS) is 20.3. The Kier molecular flexibility index (Phi) is 7.88. The molecule has 1 N–H and O–H groups in total. The van der Waals surface area contributed by atoms with E-state index >= 15 is 0 Å². The lowest BCUT2D eigenvalue weighted by atomic mass is 9.96. The van der Waals surface area contributed by atoms with Gasteiger partial charge in [0.2, 0.25) is 0 Å². The maximum Gasteiger partial charge on any atom is 0.257 e. The van der Waals surface area contributed by atoms with Crippen molar-refractivity contribution >= 4 is 28.1 Å². The van der Waals surface area contributed by atoms with Crippen LogP contribution in [0, 0.1) is 11.3 Å². The number of aryl methyl sites for hydroxylation is 1. The fourth-order valence-electron chi connectivity index (χ4n) is 5.84. The molecule has 1 aromatic heterocycles. The van der Waals surface area contributed by atoms with Crippen LogP contribution in [0.5, 0.6) is 0 Å². The maximum atomic E-state index is 13.1. The summed E-state index contributed by atoms with van der Waals surface area (Å²) < 4.78 is 5.52. The lowest BCUT2D eigenvalue weighted by Gasteiger charge is -2.36. The van der Waals surface area contributed by atoms with Crippen molar-refractivity contribution in [2.45, 2.75) is 31.8 Å². The molecule has 0 saturated carbocycles. The molecule has 6 rings (SSSR count). The lowest BCUT2D eigenvalue weighted by molar-refractivity contribution is 0.0139. The molecule has 0 spiro atoms. The molecule has 3 aromatic rings. The van der Waals surface area contributed by atoms with E-state index in [1.165, 1.54) is 4.88 Å². The Bertz CT molecular complexity index is 1350. The fourth-order valence-corrected chi connectivity index (χ4v) is 6.91. The molecule has 1 aliphatic carbocycles. The van der Waals surface area contributed by atoms with Crippen molar-refractivity contribution in [3.05, 3.63) is 75.8 Å². The minimum atomic E-state index is -0.102. The number of fused-ring (bicyclic) bond motifs is 1. The monoisotopic (exact) mass is 542 g/mol. The molecule has 202 valence electrons. The molecule has 2 saturated heterocycles. The molecule has 9 heteroatoms. The number of piperazine rings is 1. The van der Waals surface area contributed by atoms with Crippen molar-refractivity contribution < 1.29 is 9.53 Å². The highest BCUT2D eigenvalue weighted by molar-refractivity contribution is 7.15. The molecule has 8 nitrogen and oxygen atoms in total. The second-order valence-electron chi connectivity index (χ2n) is 10.5. The van der Waals surface area contributed by atoms with E-state index in [4.69, 9.17) is 9.72 Å². The zero-order valence-electron chi connectivity index (χ0n) is 22.1. The third-order valence-electron chi connectivity index (χ3n) is 8.00.